The third-order valence-electron chi connectivity index (χ3n) is 3.53. The summed E-state index contributed by atoms with van der Waals surface area (Å²) in [5.74, 6) is 0.566. The second kappa shape index (κ2) is 6.78. The van der Waals surface area contributed by atoms with E-state index in [0.29, 0.717) is 5.88 Å². The van der Waals surface area contributed by atoms with E-state index in [2.05, 4.69) is 51.0 Å². The van der Waals surface area contributed by atoms with Crippen LogP contribution < -0.4 is 4.90 Å². The summed E-state index contributed by atoms with van der Waals surface area (Å²) >= 11 is 9.47. The Bertz CT molecular complexity index is 391. The van der Waals surface area contributed by atoms with Gasteiger partial charge in [0, 0.05) is 30.5 Å². The van der Waals surface area contributed by atoms with E-state index in [1.807, 2.05) is 0 Å². The van der Waals surface area contributed by atoms with Gasteiger partial charge in [0.05, 0.1) is 5.69 Å². The van der Waals surface area contributed by atoms with E-state index in [1.165, 1.54) is 31.6 Å². The first-order valence-electron chi connectivity index (χ1n) is 6.48. The largest absolute Gasteiger partial charge is 0.372 e. The Kier molecular flexibility index (Phi) is 5.34. The third kappa shape index (κ3) is 3.62. The lowest BCUT2D eigenvalue weighted by Gasteiger charge is -2.24. The van der Waals surface area contributed by atoms with Crippen molar-refractivity contribution in [3.05, 3.63) is 28.2 Å². The van der Waals surface area contributed by atoms with E-state index in [-0.39, 0.29) is 0 Å². The molecular weight excluding hydrogens is 312 g/mol. The number of benzene rings is 1. The van der Waals surface area contributed by atoms with Gasteiger partial charge in [-0.3, -0.25) is 0 Å². The lowest BCUT2D eigenvalue weighted by Crippen LogP contribution is -2.31. The van der Waals surface area contributed by atoms with Gasteiger partial charge in [0.1, 0.15) is 0 Å². The van der Waals surface area contributed by atoms with Gasteiger partial charge in [-0.05, 0) is 59.6 Å². The van der Waals surface area contributed by atoms with Crippen molar-refractivity contribution in [3.8, 4) is 0 Å². The van der Waals surface area contributed by atoms with Crippen LogP contribution in [0.15, 0.2) is 22.7 Å². The molecular formula is C14H20BrClN2. The number of hydrogen-bond acceptors (Lipinski definition) is 2. The monoisotopic (exact) mass is 330 g/mol. The van der Waals surface area contributed by atoms with Crippen LogP contribution in [0.2, 0.25) is 0 Å². The van der Waals surface area contributed by atoms with Crippen LogP contribution in [0.1, 0.15) is 18.4 Å². The highest BCUT2D eigenvalue weighted by molar-refractivity contribution is 9.10. The van der Waals surface area contributed by atoms with Crippen molar-refractivity contribution in [1.29, 1.82) is 0 Å². The average molecular weight is 332 g/mol. The van der Waals surface area contributed by atoms with Gasteiger partial charge in [-0.2, -0.15) is 0 Å². The molecule has 4 heteroatoms. The molecule has 18 heavy (non-hydrogen) atoms. The van der Waals surface area contributed by atoms with E-state index >= 15 is 0 Å². The zero-order valence-corrected chi connectivity index (χ0v) is 13.2. The predicted octanol–water partition coefficient (Wildman–Crippen LogP) is 3.72. The molecule has 0 aliphatic carbocycles. The van der Waals surface area contributed by atoms with Gasteiger partial charge >= 0.3 is 0 Å². The Labute approximate surface area is 123 Å². The van der Waals surface area contributed by atoms with Crippen LogP contribution in [-0.2, 0) is 5.88 Å². The van der Waals surface area contributed by atoms with Crippen molar-refractivity contribution in [2.24, 2.45) is 0 Å². The molecule has 1 aromatic carbocycles. The van der Waals surface area contributed by atoms with Gasteiger partial charge in [0.15, 0.2) is 0 Å². The number of rotatable bonds is 5. The number of halogens is 2. The second-order valence-electron chi connectivity index (χ2n) is 4.89. The maximum absolute atomic E-state index is 5.84. The van der Waals surface area contributed by atoms with Gasteiger partial charge < -0.3 is 9.80 Å². The van der Waals surface area contributed by atoms with E-state index in [9.17, 15) is 0 Å². The normalized spacial score (nSPS) is 16.2. The first kappa shape index (κ1) is 14.2. The first-order valence-corrected chi connectivity index (χ1v) is 7.81. The molecule has 1 saturated heterocycles. The van der Waals surface area contributed by atoms with Crippen LogP contribution >= 0.6 is 27.5 Å². The summed E-state index contributed by atoms with van der Waals surface area (Å²) in [7, 11) is 2.15. The van der Waals surface area contributed by atoms with Crippen LogP contribution in [0.5, 0.6) is 0 Å². The summed E-state index contributed by atoms with van der Waals surface area (Å²) < 4.78 is 1.13. The Morgan fingerprint density at radius 1 is 1.33 bits per heavy atom. The van der Waals surface area contributed by atoms with Crippen molar-refractivity contribution < 1.29 is 0 Å². The highest BCUT2D eigenvalue weighted by Crippen LogP contribution is 2.27. The molecule has 1 aliphatic rings. The molecule has 0 amide bonds. The Balaban J connectivity index is 1.93. The number of alkyl halides is 1. The number of anilines is 1. The molecule has 0 atom stereocenters. The van der Waals surface area contributed by atoms with Crippen LogP contribution in [0.25, 0.3) is 0 Å². The number of hydrogen-bond donors (Lipinski definition) is 0. The first-order chi connectivity index (χ1) is 8.70. The van der Waals surface area contributed by atoms with E-state index < -0.39 is 0 Å². The average Bonchev–Trinajstić information content (AvgIpc) is 2.88. The fourth-order valence-electron chi connectivity index (χ4n) is 2.36. The zero-order chi connectivity index (χ0) is 13.0. The summed E-state index contributed by atoms with van der Waals surface area (Å²) in [6.07, 6.45) is 2.72. The molecule has 1 heterocycles. The Hall–Kier alpha value is -0.250. The fourth-order valence-corrected chi connectivity index (χ4v) is 3.26. The van der Waals surface area contributed by atoms with Gasteiger partial charge in [-0.15, -0.1) is 11.6 Å². The summed E-state index contributed by atoms with van der Waals surface area (Å²) in [5.41, 5.74) is 2.39. The minimum atomic E-state index is 0.566. The van der Waals surface area contributed by atoms with Crippen molar-refractivity contribution in [1.82, 2.24) is 4.90 Å². The van der Waals surface area contributed by atoms with E-state index in [1.54, 1.807) is 0 Å². The number of likely N-dealkylation sites (tertiary alicyclic amines) is 1. The molecule has 1 aliphatic heterocycles. The molecule has 0 N–H and O–H groups in total. The summed E-state index contributed by atoms with van der Waals surface area (Å²) in [6, 6.07) is 6.35. The van der Waals surface area contributed by atoms with Crippen molar-refractivity contribution in [3.63, 3.8) is 0 Å². The quantitative estimate of drug-likeness (QED) is 0.759. The SMILES string of the molecule is CN(CCN1CCCC1)c1ccc(CCl)cc1Br. The zero-order valence-electron chi connectivity index (χ0n) is 10.8. The molecule has 0 spiro atoms. The molecule has 1 aromatic rings. The highest BCUT2D eigenvalue weighted by atomic mass is 79.9. The second-order valence-corrected chi connectivity index (χ2v) is 6.01. The molecule has 2 rings (SSSR count). The van der Waals surface area contributed by atoms with Crippen molar-refractivity contribution in [2.45, 2.75) is 18.7 Å². The van der Waals surface area contributed by atoms with Gasteiger partial charge in [0.2, 0.25) is 0 Å². The lowest BCUT2D eigenvalue weighted by atomic mass is 10.2. The number of nitrogens with zero attached hydrogens (tertiary/aromatic N) is 2. The Morgan fingerprint density at radius 3 is 2.67 bits per heavy atom. The van der Waals surface area contributed by atoms with Gasteiger partial charge in [-0.25, -0.2) is 0 Å². The molecule has 0 bridgehead atoms. The van der Waals surface area contributed by atoms with Crippen molar-refractivity contribution in [2.75, 3.05) is 38.1 Å². The third-order valence-corrected chi connectivity index (χ3v) is 4.47. The van der Waals surface area contributed by atoms with Crippen LogP contribution in [-0.4, -0.2) is 38.1 Å². The lowest BCUT2D eigenvalue weighted by molar-refractivity contribution is 0.346. The van der Waals surface area contributed by atoms with Gasteiger partial charge in [0.25, 0.3) is 0 Å². The number of likely N-dealkylation sites (N-methyl/N-ethyl adjacent to an activating group) is 1. The molecule has 0 unspecified atom stereocenters. The van der Waals surface area contributed by atoms with E-state index in [4.69, 9.17) is 11.6 Å². The van der Waals surface area contributed by atoms with Crippen LogP contribution in [0, 0.1) is 0 Å². The molecule has 0 radical (unpaired) electrons. The molecule has 0 saturated carbocycles. The summed E-state index contributed by atoms with van der Waals surface area (Å²) in [5, 5.41) is 0. The standard InChI is InChI=1S/C14H20BrClN2/c1-17(8-9-18-6-2-3-7-18)14-5-4-12(11-16)10-13(14)15/h4-5,10H,2-3,6-9,11H2,1H3. The highest BCUT2D eigenvalue weighted by Gasteiger charge is 2.13. The maximum Gasteiger partial charge on any atom is 0.0508 e. The molecule has 1 fully saturated rings. The van der Waals surface area contributed by atoms with E-state index in [0.717, 1.165) is 23.1 Å². The summed E-state index contributed by atoms with van der Waals surface area (Å²) in [6.45, 7) is 4.75. The van der Waals surface area contributed by atoms with Crippen LogP contribution in [0.3, 0.4) is 0 Å². The minimum absolute atomic E-state index is 0.566. The molecule has 0 aromatic heterocycles. The van der Waals surface area contributed by atoms with Crippen molar-refractivity contribution >= 4 is 33.2 Å². The fraction of sp³-hybridized carbons (Fsp3) is 0.571. The molecule has 2 nitrogen and oxygen atoms in total. The predicted molar refractivity (Wildman–Crippen MR) is 82.6 cm³/mol. The Morgan fingerprint density at radius 2 is 2.06 bits per heavy atom. The topological polar surface area (TPSA) is 6.48 Å². The smallest absolute Gasteiger partial charge is 0.0508 e. The maximum atomic E-state index is 5.84. The summed E-state index contributed by atoms with van der Waals surface area (Å²) in [4.78, 5) is 4.85. The van der Waals surface area contributed by atoms with Gasteiger partial charge in [-0.1, -0.05) is 6.07 Å². The minimum Gasteiger partial charge on any atom is -0.372 e. The molecule has 100 valence electrons. The van der Waals surface area contributed by atoms with Crippen LogP contribution in [0.4, 0.5) is 5.69 Å².